The summed E-state index contributed by atoms with van der Waals surface area (Å²) in [5.74, 6) is 0.621. The van der Waals surface area contributed by atoms with Crippen molar-refractivity contribution in [1.82, 2.24) is 0 Å². The lowest BCUT2D eigenvalue weighted by atomic mass is 9.96. The Hall–Kier alpha value is -1.56. The van der Waals surface area contributed by atoms with Crippen LogP contribution >= 0.6 is 22.6 Å². The van der Waals surface area contributed by atoms with Gasteiger partial charge in [-0.05, 0) is 23.3 Å². The minimum Gasteiger partial charge on any atom is -0.508 e. The van der Waals surface area contributed by atoms with Crippen LogP contribution in [0, 0.1) is 0 Å². The van der Waals surface area contributed by atoms with E-state index in [2.05, 4.69) is 22.6 Å². The summed E-state index contributed by atoms with van der Waals surface area (Å²) in [5, 5.41) is 9.51. The van der Waals surface area contributed by atoms with E-state index in [1.807, 2.05) is 24.3 Å². The molecule has 0 spiro atoms. The van der Waals surface area contributed by atoms with Gasteiger partial charge in [-0.15, -0.1) is 0 Å². The summed E-state index contributed by atoms with van der Waals surface area (Å²) >= 11 is 2.31. The molecule has 2 aromatic rings. The maximum absolute atomic E-state index is 12.1. The molecule has 4 heteroatoms. The van der Waals surface area contributed by atoms with Crippen LogP contribution in [0.1, 0.15) is 34.0 Å². The van der Waals surface area contributed by atoms with E-state index in [0.29, 0.717) is 17.7 Å². The lowest BCUT2D eigenvalue weighted by Crippen LogP contribution is -2.20. The van der Waals surface area contributed by atoms with E-state index in [1.54, 1.807) is 6.07 Å². The van der Waals surface area contributed by atoms with E-state index in [4.69, 9.17) is 4.74 Å². The first-order chi connectivity index (χ1) is 9.67. The number of carbonyl (C=O) groups is 1. The molecule has 0 radical (unpaired) electrons. The molecule has 1 heterocycles. The van der Waals surface area contributed by atoms with Crippen molar-refractivity contribution in [3.05, 3.63) is 59.2 Å². The van der Waals surface area contributed by atoms with E-state index in [9.17, 15) is 9.90 Å². The van der Waals surface area contributed by atoms with Crippen molar-refractivity contribution in [3.63, 3.8) is 0 Å². The minimum absolute atomic E-state index is 0.0502. The fraction of sp³-hybridized carbons (Fsp3) is 0.188. The van der Waals surface area contributed by atoms with Crippen molar-refractivity contribution in [2.24, 2.45) is 0 Å². The van der Waals surface area contributed by atoms with E-state index >= 15 is 0 Å². The largest absolute Gasteiger partial charge is 0.508 e. The smallest absolute Gasteiger partial charge is 0.170 e. The number of hydrogen-bond acceptors (Lipinski definition) is 3. The van der Waals surface area contributed by atoms with E-state index in [-0.39, 0.29) is 17.6 Å². The molecule has 102 valence electrons. The standard InChI is InChI=1S/C16H13IO3/c17-9-10-1-3-11(4-2-10)15-8-14(19)13-6-5-12(18)7-16(13)20-15/h1-7,15,18H,8-9H2. The number of carbonyl (C=O) groups excluding carboxylic acids is 1. The quantitative estimate of drug-likeness (QED) is 0.632. The van der Waals surface area contributed by atoms with Gasteiger partial charge in [-0.25, -0.2) is 0 Å². The molecule has 1 atom stereocenters. The molecule has 0 fully saturated rings. The van der Waals surface area contributed by atoms with Gasteiger partial charge >= 0.3 is 0 Å². The zero-order valence-corrected chi connectivity index (χ0v) is 12.8. The normalized spacial score (nSPS) is 17.4. The number of alkyl halides is 1. The summed E-state index contributed by atoms with van der Waals surface area (Å²) in [7, 11) is 0. The van der Waals surface area contributed by atoms with Crippen LogP contribution < -0.4 is 4.74 Å². The van der Waals surface area contributed by atoms with E-state index in [1.165, 1.54) is 17.7 Å². The SMILES string of the molecule is O=C1CC(c2ccc(CI)cc2)Oc2cc(O)ccc21. The summed E-state index contributed by atoms with van der Waals surface area (Å²) < 4.78 is 6.82. The first-order valence-corrected chi connectivity index (χ1v) is 7.87. The van der Waals surface area contributed by atoms with Gasteiger partial charge in [0, 0.05) is 10.5 Å². The molecular weight excluding hydrogens is 367 g/mol. The van der Waals surface area contributed by atoms with Crippen molar-refractivity contribution in [3.8, 4) is 11.5 Å². The Balaban J connectivity index is 1.91. The molecule has 0 aromatic heterocycles. The number of hydrogen-bond donors (Lipinski definition) is 1. The molecular formula is C16H13IO3. The summed E-state index contributed by atoms with van der Waals surface area (Å²) in [6, 6.07) is 12.7. The molecule has 3 nitrogen and oxygen atoms in total. The Bertz CT molecular complexity index is 649. The predicted octanol–water partition coefficient (Wildman–Crippen LogP) is 4.03. The lowest BCUT2D eigenvalue weighted by Gasteiger charge is -2.25. The van der Waals surface area contributed by atoms with Gasteiger partial charge in [0.05, 0.1) is 12.0 Å². The second-order valence-electron chi connectivity index (χ2n) is 4.79. The first kappa shape index (κ1) is 13.4. The highest BCUT2D eigenvalue weighted by Crippen LogP contribution is 2.36. The fourth-order valence-electron chi connectivity index (χ4n) is 2.32. The van der Waals surface area contributed by atoms with Crippen LogP contribution in [0.2, 0.25) is 0 Å². The highest BCUT2D eigenvalue weighted by atomic mass is 127. The monoisotopic (exact) mass is 380 g/mol. The Morgan fingerprint density at radius 1 is 1.20 bits per heavy atom. The second-order valence-corrected chi connectivity index (χ2v) is 5.55. The maximum atomic E-state index is 12.1. The lowest BCUT2D eigenvalue weighted by molar-refractivity contribution is 0.0849. The number of ketones is 1. The number of benzene rings is 2. The highest BCUT2D eigenvalue weighted by Gasteiger charge is 2.27. The number of phenols is 1. The number of Topliss-reactive ketones (excluding diaryl/α,β-unsaturated/α-hetero) is 1. The number of fused-ring (bicyclic) bond motifs is 1. The molecule has 2 aromatic carbocycles. The van der Waals surface area contributed by atoms with Crippen molar-refractivity contribution >= 4 is 28.4 Å². The van der Waals surface area contributed by atoms with Gasteiger partial charge in [0.25, 0.3) is 0 Å². The van der Waals surface area contributed by atoms with E-state index < -0.39 is 0 Å². The maximum Gasteiger partial charge on any atom is 0.170 e. The average molecular weight is 380 g/mol. The number of phenolic OH excluding ortho intramolecular Hbond substituents is 1. The van der Waals surface area contributed by atoms with Gasteiger partial charge in [0.2, 0.25) is 0 Å². The summed E-state index contributed by atoms with van der Waals surface area (Å²) in [6.45, 7) is 0. The molecule has 0 saturated carbocycles. The second kappa shape index (κ2) is 5.44. The third-order valence-corrected chi connectivity index (χ3v) is 4.29. The summed E-state index contributed by atoms with van der Waals surface area (Å²) in [6.07, 6.45) is 0.0570. The van der Waals surface area contributed by atoms with Crippen LogP contribution in [0.4, 0.5) is 0 Å². The minimum atomic E-state index is -0.278. The van der Waals surface area contributed by atoms with Gasteiger partial charge in [0.15, 0.2) is 5.78 Å². The van der Waals surface area contributed by atoms with Crippen molar-refractivity contribution in [2.45, 2.75) is 17.0 Å². The van der Waals surface area contributed by atoms with Crippen LogP contribution in [0.5, 0.6) is 11.5 Å². The molecule has 1 unspecified atom stereocenters. The Labute approximate surface area is 130 Å². The molecule has 1 aliphatic heterocycles. The number of aromatic hydroxyl groups is 1. The van der Waals surface area contributed by atoms with Gasteiger partial charge in [-0.3, -0.25) is 4.79 Å². The average Bonchev–Trinajstić information content (AvgIpc) is 2.46. The van der Waals surface area contributed by atoms with Crippen LogP contribution in [-0.4, -0.2) is 10.9 Å². The van der Waals surface area contributed by atoms with Gasteiger partial charge < -0.3 is 9.84 Å². The van der Waals surface area contributed by atoms with Crippen LogP contribution in [0.25, 0.3) is 0 Å². The van der Waals surface area contributed by atoms with Crippen LogP contribution in [0.15, 0.2) is 42.5 Å². The summed E-state index contributed by atoms with van der Waals surface area (Å²) in [5.41, 5.74) is 2.78. The third kappa shape index (κ3) is 2.52. The molecule has 20 heavy (non-hydrogen) atoms. The molecule has 1 aliphatic rings. The fourth-order valence-corrected chi connectivity index (χ4v) is 2.83. The number of rotatable bonds is 2. The highest BCUT2D eigenvalue weighted by molar-refractivity contribution is 14.1. The van der Waals surface area contributed by atoms with E-state index in [0.717, 1.165) is 9.99 Å². The van der Waals surface area contributed by atoms with Crippen LogP contribution in [0.3, 0.4) is 0 Å². The zero-order valence-electron chi connectivity index (χ0n) is 10.7. The van der Waals surface area contributed by atoms with Gasteiger partial charge in [-0.1, -0.05) is 46.9 Å². The zero-order chi connectivity index (χ0) is 14.1. The molecule has 0 saturated heterocycles. The molecule has 3 rings (SSSR count). The topological polar surface area (TPSA) is 46.5 Å². The Morgan fingerprint density at radius 3 is 2.65 bits per heavy atom. The van der Waals surface area contributed by atoms with Gasteiger partial charge in [-0.2, -0.15) is 0 Å². The third-order valence-electron chi connectivity index (χ3n) is 3.41. The molecule has 1 N–H and O–H groups in total. The Kier molecular flexibility index (Phi) is 3.65. The first-order valence-electron chi connectivity index (χ1n) is 6.35. The van der Waals surface area contributed by atoms with Crippen molar-refractivity contribution in [1.29, 1.82) is 0 Å². The molecule has 0 amide bonds. The molecule has 0 aliphatic carbocycles. The van der Waals surface area contributed by atoms with Gasteiger partial charge in [0.1, 0.15) is 17.6 Å². The van der Waals surface area contributed by atoms with Crippen molar-refractivity contribution < 1.29 is 14.6 Å². The number of ether oxygens (including phenoxy) is 1. The Morgan fingerprint density at radius 2 is 1.95 bits per heavy atom. The summed E-state index contributed by atoms with van der Waals surface area (Å²) in [4.78, 5) is 12.1. The number of halogens is 1. The van der Waals surface area contributed by atoms with Crippen LogP contribution in [-0.2, 0) is 4.43 Å². The molecule has 0 bridgehead atoms. The van der Waals surface area contributed by atoms with Crippen molar-refractivity contribution in [2.75, 3.05) is 0 Å². The predicted molar refractivity (Wildman–Crippen MR) is 84.6 cm³/mol.